The Morgan fingerprint density at radius 3 is 2.64 bits per heavy atom. The number of phenols is 1. The number of halogens is 2. The molecular weight excluding hydrogens is 192 g/mol. The molecule has 0 aliphatic heterocycles. The minimum atomic E-state index is -1.30. The van der Waals surface area contributed by atoms with Crippen molar-refractivity contribution in [1.29, 1.82) is 0 Å². The number of phenolic OH excluding ortho intramolecular Hbond substituents is 1. The van der Waals surface area contributed by atoms with E-state index in [1.165, 1.54) is 6.92 Å². The molecule has 76 valence electrons. The van der Waals surface area contributed by atoms with E-state index in [2.05, 4.69) is 0 Å². The third kappa shape index (κ3) is 1.53. The zero-order chi connectivity index (χ0) is 10.9. The van der Waals surface area contributed by atoms with Crippen LogP contribution in [-0.2, 0) is 0 Å². The zero-order valence-electron chi connectivity index (χ0n) is 7.47. The number of benzene rings is 1. The number of nitrogen functional groups attached to an aromatic ring is 1. The van der Waals surface area contributed by atoms with Crippen molar-refractivity contribution in [3.8, 4) is 5.75 Å². The van der Waals surface area contributed by atoms with E-state index in [0.717, 1.165) is 6.07 Å². The minimum absolute atomic E-state index is 0.0339. The van der Waals surface area contributed by atoms with E-state index >= 15 is 0 Å². The quantitative estimate of drug-likeness (QED) is 0.436. The van der Waals surface area contributed by atoms with Crippen molar-refractivity contribution in [1.82, 2.24) is 0 Å². The first-order valence-electron chi connectivity index (χ1n) is 3.98. The van der Waals surface area contributed by atoms with Crippen molar-refractivity contribution in [3.63, 3.8) is 0 Å². The maximum absolute atomic E-state index is 13.2. The Morgan fingerprint density at radius 2 is 2.14 bits per heavy atom. The van der Waals surface area contributed by atoms with Crippen LogP contribution in [0.5, 0.6) is 5.75 Å². The third-order valence-corrected chi connectivity index (χ3v) is 1.82. The first-order chi connectivity index (χ1) is 6.49. The summed E-state index contributed by atoms with van der Waals surface area (Å²) in [6, 6.07) is 0.724. The van der Waals surface area contributed by atoms with Gasteiger partial charge in [-0.15, -0.1) is 0 Å². The standard InChI is InChI=1S/C9H9F2NO2/c1-2-6(13)7-5(12)3-4(10)9(14)8(7)11/h3,14H,2,12H2,1H3. The molecule has 0 heterocycles. The Morgan fingerprint density at radius 1 is 1.57 bits per heavy atom. The average Bonchev–Trinajstić information content (AvgIpc) is 2.14. The van der Waals surface area contributed by atoms with Crippen LogP contribution in [0.15, 0.2) is 6.07 Å². The molecule has 3 N–H and O–H groups in total. The predicted octanol–water partition coefficient (Wildman–Crippen LogP) is 1.85. The molecule has 0 atom stereocenters. The number of Topliss-reactive ketones (excluding diaryl/α,β-unsaturated/α-hetero) is 1. The SMILES string of the molecule is CCC(=O)c1c(N)cc(F)c(O)c1F. The molecule has 1 aromatic carbocycles. The van der Waals surface area contributed by atoms with Crippen molar-refractivity contribution in [2.75, 3.05) is 5.73 Å². The number of nitrogens with two attached hydrogens (primary N) is 1. The Balaban J connectivity index is 3.44. The minimum Gasteiger partial charge on any atom is -0.503 e. The lowest BCUT2D eigenvalue weighted by Crippen LogP contribution is -2.07. The Hall–Kier alpha value is -1.65. The number of carbonyl (C=O) groups is 1. The number of hydrogen-bond acceptors (Lipinski definition) is 3. The van der Waals surface area contributed by atoms with Gasteiger partial charge in [0.2, 0.25) is 0 Å². The van der Waals surface area contributed by atoms with Gasteiger partial charge < -0.3 is 10.8 Å². The highest BCUT2D eigenvalue weighted by Crippen LogP contribution is 2.28. The van der Waals surface area contributed by atoms with E-state index in [9.17, 15) is 13.6 Å². The fourth-order valence-electron chi connectivity index (χ4n) is 1.09. The lowest BCUT2D eigenvalue weighted by Gasteiger charge is -2.06. The molecule has 3 nitrogen and oxygen atoms in total. The Kier molecular flexibility index (Phi) is 2.69. The van der Waals surface area contributed by atoms with Crippen molar-refractivity contribution in [3.05, 3.63) is 23.3 Å². The van der Waals surface area contributed by atoms with E-state index in [1.54, 1.807) is 0 Å². The van der Waals surface area contributed by atoms with Crippen molar-refractivity contribution < 1.29 is 18.7 Å². The van der Waals surface area contributed by atoms with Crippen LogP contribution in [0.3, 0.4) is 0 Å². The first-order valence-corrected chi connectivity index (χ1v) is 3.98. The smallest absolute Gasteiger partial charge is 0.188 e. The molecule has 0 aliphatic carbocycles. The number of carbonyl (C=O) groups excluding carboxylic acids is 1. The molecule has 0 amide bonds. The highest BCUT2D eigenvalue weighted by molar-refractivity contribution is 6.01. The lowest BCUT2D eigenvalue weighted by atomic mass is 10.1. The lowest BCUT2D eigenvalue weighted by molar-refractivity contribution is 0.0984. The summed E-state index contributed by atoms with van der Waals surface area (Å²) in [6.45, 7) is 1.52. The molecule has 0 unspecified atom stereocenters. The molecule has 0 bridgehead atoms. The maximum atomic E-state index is 13.2. The van der Waals surface area contributed by atoms with Gasteiger partial charge in [-0.1, -0.05) is 6.92 Å². The second-order valence-corrected chi connectivity index (χ2v) is 2.76. The summed E-state index contributed by atoms with van der Waals surface area (Å²) in [4.78, 5) is 11.2. The molecular formula is C9H9F2NO2. The first kappa shape index (κ1) is 10.4. The summed E-state index contributed by atoms with van der Waals surface area (Å²) in [5.74, 6) is -4.21. The van der Waals surface area contributed by atoms with Gasteiger partial charge >= 0.3 is 0 Å². The molecule has 1 rings (SSSR count). The van der Waals surface area contributed by atoms with Gasteiger partial charge in [0.05, 0.1) is 5.56 Å². The van der Waals surface area contributed by atoms with Gasteiger partial charge in [0.25, 0.3) is 0 Å². The van der Waals surface area contributed by atoms with Crippen LogP contribution in [0.4, 0.5) is 14.5 Å². The number of rotatable bonds is 2. The highest BCUT2D eigenvalue weighted by Gasteiger charge is 2.20. The Bertz CT molecular complexity index is 391. The molecule has 0 aliphatic rings. The second kappa shape index (κ2) is 3.61. The highest BCUT2D eigenvalue weighted by atomic mass is 19.1. The van der Waals surface area contributed by atoms with Crippen molar-refractivity contribution in [2.45, 2.75) is 13.3 Å². The molecule has 0 saturated carbocycles. The molecule has 0 radical (unpaired) electrons. The average molecular weight is 201 g/mol. The van der Waals surface area contributed by atoms with Crippen LogP contribution in [-0.4, -0.2) is 10.9 Å². The zero-order valence-corrected chi connectivity index (χ0v) is 7.47. The van der Waals surface area contributed by atoms with Gasteiger partial charge in [0, 0.05) is 18.2 Å². The van der Waals surface area contributed by atoms with Gasteiger partial charge in [0.15, 0.2) is 23.2 Å². The van der Waals surface area contributed by atoms with Gasteiger partial charge in [-0.05, 0) is 0 Å². The summed E-state index contributed by atoms with van der Waals surface area (Å²) < 4.78 is 25.9. The van der Waals surface area contributed by atoms with Crippen LogP contribution in [0.2, 0.25) is 0 Å². The van der Waals surface area contributed by atoms with Crippen LogP contribution in [0.1, 0.15) is 23.7 Å². The van der Waals surface area contributed by atoms with Crippen LogP contribution in [0, 0.1) is 11.6 Å². The summed E-state index contributed by atoms with van der Waals surface area (Å²) in [6.07, 6.45) is 0.0339. The maximum Gasteiger partial charge on any atom is 0.188 e. The molecule has 0 aromatic heterocycles. The number of aromatic hydroxyl groups is 1. The van der Waals surface area contributed by atoms with Gasteiger partial charge in [-0.3, -0.25) is 4.79 Å². The topological polar surface area (TPSA) is 63.3 Å². The van der Waals surface area contributed by atoms with Gasteiger partial charge in [-0.25, -0.2) is 8.78 Å². The summed E-state index contributed by atoms with van der Waals surface area (Å²) >= 11 is 0. The molecule has 1 aromatic rings. The molecule has 0 spiro atoms. The molecule has 0 saturated heterocycles. The normalized spacial score (nSPS) is 10.2. The second-order valence-electron chi connectivity index (χ2n) is 2.76. The number of ketones is 1. The summed E-state index contributed by atoms with van der Waals surface area (Å²) in [5, 5.41) is 8.90. The van der Waals surface area contributed by atoms with E-state index in [0.29, 0.717) is 0 Å². The molecule has 14 heavy (non-hydrogen) atoms. The molecule has 5 heteroatoms. The van der Waals surface area contributed by atoms with E-state index in [4.69, 9.17) is 10.8 Å². The largest absolute Gasteiger partial charge is 0.503 e. The predicted molar refractivity (Wildman–Crippen MR) is 47.1 cm³/mol. The van der Waals surface area contributed by atoms with Gasteiger partial charge in [-0.2, -0.15) is 0 Å². The van der Waals surface area contributed by atoms with E-state index in [-0.39, 0.29) is 12.1 Å². The van der Waals surface area contributed by atoms with Crippen LogP contribution < -0.4 is 5.73 Å². The van der Waals surface area contributed by atoms with Gasteiger partial charge in [0.1, 0.15) is 0 Å². The number of hydrogen-bond donors (Lipinski definition) is 2. The number of anilines is 1. The van der Waals surface area contributed by atoms with Crippen LogP contribution in [0.25, 0.3) is 0 Å². The fraction of sp³-hybridized carbons (Fsp3) is 0.222. The van der Waals surface area contributed by atoms with Crippen molar-refractivity contribution >= 4 is 11.5 Å². The summed E-state index contributed by atoms with van der Waals surface area (Å²) in [5.41, 5.74) is 4.50. The third-order valence-electron chi connectivity index (χ3n) is 1.82. The van der Waals surface area contributed by atoms with E-state index in [1.807, 2.05) is 0 Å². The van der Waals surface area contributed by atoms with Crippen molar-refractivity contribution in [2.24, 2.45) is 0 Å². The Labute approximate surface area is 79.2 Å². The fourth-order valence-corrected chi connectivity index (χ4v) is 1.09. The summed E-state index contributed by atoms with van der Waals surface area (Å²) in [7, 11) is 0. The molecule has 0 fully saturated rings. The van der Waals surface area contributed by atoms with Crippen LogP contribution >= 0.6 is 0 Å². The van der Waals surface area contributed by atoms with E-state index < -0.39 is 28.7 Å². The monoisotopic (exact) mass is 201 g/mol.